The highest BCUT2D eigenvalue weighted by Crippen LogP contribution is 2.53. The molecule has 0 bridgehead atoms. The van der Waals surface area contributed by atoms with E-state index in [2.05, 4.69) is 0 Å². The Morgan fingerprint density at radius 3 is 2.14 bits per heavy atom. The Hall–Kier alpha value is -2.63. The van der Waals surface area contributed by atoms with E-state index in [1.807, 2.05) is 12.1 Å². The molecule has 7 heteroatoms. The van der Waals surface area contributed by atoms with E-state index in [4.69, 9.17) is 42.1 Å². The highest BCUT2D eigenvalue weighted by atomic mass is 35.5. The molecule has 0 atom stereocenters. The van der Waals surface area contributed by atoms with Crippen LogP contribution in [0.5, 0.6) is 23.0 Å². The zero-order chi connectivity index (χ0) is 20.3. The normalized spacial score (nSPS) is 10.6. The summed E-state index contributed by atoms with van der Waals surface area (Å²) in [6.07, 6.45) is 0. The molecule has 3 aromatic carbocycles. The summed E-state index contributed by atoms with van der Waals surface area (Å²) in [4.78, 5) is 11.6. The van der Waals surface area contributed by atoms with Crippen molar-refractivity contribution in [3.8, 4) is 23.0 Å². The summed E-state index contributed by atoms with van der Waals surface area (Å²) in [7, 11) is 2.94. The van der Waals surface area contributed by atoms with Gasteiger partial charge in [0.05, 0.1) is 24.6 Å². The van der Waals surface area contributed by atoms with Gasteiger partial charge < -0.3 is 18.9 Å². The monoisotopic (exact) mass is 420 g/mol. The van der Waals surface area contributed by atoms with Gasteiger partial charge in [-0.25, -0.2) is 0 Å². The molecule has 0 aliphatic rings. The second-order valence-corrected chi connectivity index (χ2v) is 6.74. The van der Waals surface area contributed by atoms with Crippen LogP contribution in [-0.4, -0.2) is 20.2 Å². The van der Waals surface area contributed by atoms with Gasteiger partial charge in [0.2, 0.25) is 11.5 Å². The Kier molecular flexibility index (Phi) is 6.17. The van der Waals surface area contributed by atoms with Crippen molar-refractivity contribution in [2.75, 3.05) is 14.2 Å². The first-order valence-electron chi connectivity index (χ1n) is 8.38. The third-order valence-corrected chi connectivity index (χ3v) is 4.62. The minimum Gasteiger partial charge on any atom is -0.490 e. The predicted molar refractivity (Wildman–Crippen MR) is 109 cm³/mol. The SMILES string of the molecule is COc1c(OC)c(OCc2ccc(Cl)cc2)c2c(Cl)cccc2c1OC(C)=O. The van der Waals surface area contributed by atoms with Crippen molar-refractivity contribution in [2.45, 2.75) is 13.5 Å². The lowest BCUT2D eigenvalue weighted by atomic mass is 10.1. The first-order valence-corrected chi connectivity index (χ1v) is 9.13. The summed E-state index contributed by atoms with van der Waals surface area (Å²) in [5.74, 6) is 0.664. The number of hydrogen-bond donors (Lipinski definition) is 0. The standard InChI is InChI=1S/C21H18Cl2O5/c1-12(24)28-18-15-5-4-6-16(23)17(15)19(21(26-3)20(18)25-2)27-11-13-7-9-14(22)10-8-13/h4-10H,11H2,1-3H3. The molecule has 0 heterocycles. The van der Waals surface area contributed by atoms with Crippen molar-refractivity contribution < 1.29 is 23.7 Å². The van der Waals surface area contributed by atoms with Crippen molar-refractivity contribution in [1.29, 1.82) is 0 Å². The number of hydrogen-bond acceptors (Lipinski definition) is 5. The van der Waals surface area contributed by atoms with Gasteiger partial charge >= 0.3 is 5.97 Å². The van der Waals surface area contributed by atoms with Crippen LogP contribution in [0.4, 0.5) is 0 Å². The summed E-state index contributed by atoms with van der Waals surface area (Å²) in [5.41, 5.74) is 0.912. The quantitative estimate of drug-likeness (QED) is 0.379. The molecule has 0 N–H and O–H groups in total. The number of halogens is 2. The number of fused-ring (bicyclic) bond motifs is 1. The fourth-order valence-electron chi connectivity index (χ4n) is 2.88. The lowest BCUT2D eigenvalue weighted by Gasteiger charge is -2.20. The average molecular weight is 421 g/mol. The Morgan fingerprint density at radius 1 is 0.893 bits per heavy atom. The van der Waals surface area contributed by atoms with Gasteiger partial charge in [0.15, 0.2) is 11.5 Å². The minimum atomic E-state index is -0.489. The zero-order valence-electron chi connectivity index (χ0n) is 15.5. The van der Waals surface area contributed by atoms with E-state index in [0.717, 1.165) is 5.56 Å². The van der Waals surface area contributed by atoms with Gasteiger partial charge in [0.1, 0.15) is 6.61 Å². The summed E-state index contributed by atoms with van der Waals surface area (Å²) >= 11 is 12.4. The molecule has 0 saturated heterocycles. The van der Waals surface area contributed by atoms with Crippen LogP contribution in [0.1, 0.15) is 12.5 Å². The minimum absolute atomic E-state index is 0.225. The summed E-state index contributed by atoms with van der Waals surface area (Å²) in [5, 5.41) is 2.21. The van der Waals surface area contributed by atoms with Crippen molar-refractivity contribution in [1.82, 2.24) is 0 Å². The molecule has 28 heavy (non-hydrogen) atoms. The number of methoxy groups -OCH3 is 2. The molecule has 0 aliphatic heterocycles. The van der Waals surface area contributed by atoms with E-state index in [1.54, 1.807) is 30.3 Å². The molecule has 3 rings (SSSR count). The van der Waals surface area contributed by atoms with Crippen LogP contribution in [0.2, 0.25) is 10.0 Å². The molecule has 0 radical (unpaired) electrons. The van der Waals surface area contributed by atoms with E-state index >= 15 is 0 Å². The smallest absolute Gasteiger partial charge is 0.308 e. The van der Waals surface area contributed by atoms with Crippen molar-refractivity contribution in [3.05, 3.63) is 58.1 Å². The molecule has 3 aromatic rings. The van der Waals surface area contributed by atoms with Crippen LogP contribution in [0.3, 0.4) is 0 Å². The van der Waals surface area contributed by atoms with E-state index in [1.165, 1.54) is 21.1 Å². The number of esters is 1. The lowest BCUT2D eigenvalue weighted by molar-refractivity contribution is -0.131. The third kappa shape index (κ3) is 3.96. The summed E-state index contributed by atoms with van der Waals surface area (Å²) in [6, 6.07) is 12.6. The molecule has 0 amide bonds. The molecule has 5 nitrogen and oxygen atoms in total. The van der Waals surface area contributed by atoms with Gasteiger partial charge in [0, 0.05) is 17.3 Å². The maximum absolute atomic E-state index is 11.6. The number of benzene rings is 3. The van der Waals surface area contributed by atoms with Crippen LogP contribution in [-0.2, 0) is 11.4 Å². The molecular weight excluding hydrogens is 403 g/mol. The lowest BCUT2D eigenvalue weighted by Crippen LogP contribution is -2.07. The molecule has 0 fully saturated rings. The van der Waals surface area contributed by atoms with Crippen molar-refractivity contribution in [3.63, 3.8) is 0 Å². The van der Waals surface area contributed by atoms with Crippen LogP contribution < -0.4 is 18.9 Å². The largest absolute Gasteiger partial charge is 0.490 e. The number of rotatable bonds is 6. The summed E-state index contributed by atoms with van der Waals surface area (Å²) < 4.78 is 22.5. The summed E-state index contributed by atoms with van der Waals surface area (Å²) in [6.45, 7) is 1.57. The fraction of sp³-hybridized carbons (Fsp3) is 0.190. The van der Waals surface area contributed by atoms with Crippen LogP contribution in [0, 0.1) is 0 Å². The van der Waals surface area contributed by atoms with E-state index in [-0.39, 0.29) is 23.9 Å². The Labute approximate surface area is 172 Å². The highest BCUT2D eigenvalue weighted by molar-refractivity contribution is 6.36. The topological polar surface area (TPSA) is 54.0 Å². The van der Waals surface area contributed by atoms with Crippen molar-refractivity contribution >= 4 is 39.9 Å². The molecule has 146 valence electrons. The molecule has 0 aliphatic carbocycles. The van der Waals surface area contributed by atoms with E-state index in [9.17, 15) is 4.79 Å². The first kappa shape index (κ1) is 20.1. The van der Waals surface area contributed by atoms with Gasteiger partial charge in [-0.3, -0.25) is 4.79 Å². The van der Waals surface area contributed by atoms with Gasteiger partial charge in [0.25, 0.3) is 0 Å². The molecule has 0 saturated carbocycles. The maximum Gasteiger partial charge on any atom is 0.308 e. The third-order valence-electron chi connectivity index (χ3n) is 4.05. The Balaban J connectivity index is 2.19. The maximum atomic E-state index is 11.6. The first-order chi connectivity index (χ1) is 13.5. The molecule has 0 unspecified atom stereocenters. The predicted octanol–water partition coefficient (Wildman–Crippen LogP) is 5.67. The number of ether oxygens (including phenoxy) is 4. The van der Waals surface area contributed by atoms with Gasteiger partial charge in [-0.15, -0.1) is 0 Å². The van der Waals surface area contributed by atoms with E-state index in [0.29, 0.717) is 26.6 Å². The highest BCUT2D eigenvalue weighted by Gasteiger charge is 2.26. The van der Waals surface area contributed by atoms with Gasteiger partial charge in [-0.05, 0) is 23.8 Å². The Bertz CT molecular complexity index is 1020. The zero-order valence-corrected chi connectivity index (χ0v) is 17.1. The number of carbonyl (C=O) groups excluding carboxylic acids is 1. The Morgan fingerprint density at radius 2 is 1.54 bits per heavy atom. The fourth-order valence-corrected chi connectivity index (χ4v) is 3.26. The van der Waals surface area contributed by atoms with Crippen LogP contribution >= 0.6 is 23.2 Å². The second kappa shape index (κ2) is 8.59. The number of carbonyl (C=O) groups is 1. The average Bonchev–Trinajstić information content (AvgIpc) is 2.67. The molecular formula is C21H18Cl2O5. The van der Waals surface area contributed by atoms with Crippen LogP contribution in [0.15, 0.2) is 42.5 Å². The molecule has 0 aromatic heterocycles. The second-order valence-electron chi connectivity index (χ2n) is 5.90. The van der Waals surface area contributed by atoms with E-state index < -0.39 is 5.97 Å². The van der Waals surface area contributed by atoms with Crippen molar-refractivity contribution in [2.24, 2.45) is 0 Å². The van der Waals surface area contributed by atoms with Gasteiger partial charge in [-0.2, -0.15) is 0 Å². The van der Waals surface area contributed by atoms with Gasteiger partial charge in [-0.1, -0.05) is 47.5 Å². The molecule has 0 spiro atoms. The van der Waals surface area contributed by atoms with Crippen LogP contribution in [0.25, 0.3) is 10.8 Å².